The molecule has 4 fully saturated rings. The minimum atomic E-state index is -0.606. The highest BCUT2D eigenvalue weighted by Crippen LogP contribution is 2.68. The van der Waals surface area contributed by atoms with Crippen LogP contribution in [-0.2, 0) is 0 Å². The Morgan fingerprint density at radius 2 is 1.68 bits per heavy atom. The van der Waals surface area contributed by atoms with E-state index in [1.165, 1.54) is 0 Å². The van der Waals surface area contributed by atoms with Gasteiger partial charge >= 0.3 is 0 Å². The Morgan fingerprint density at radius 3 is 2.35 bits per heavy atom. The first kappa shape index (κ1) is 24.0. The average Bonchev–Trinajstić information content (AvgIpc) is 3.01. The van der Waals surface area contributed by atoms with E-state index in [1.807, 2.05) is 13.8 Å². The molecule has 4 aliphatic carbocycles. The van der Waals surface area contributed by atoms with Crippen LogP contribution in [0.2, 0.25) is 0 Å². The van der Waals surface area contributed by atoms with Crippen molar-refractivity contribution in [2.24, 2.45) is 46.3 Å². The summed E-state index contributed by atoms with van der Waals surface area (Å²) in [5.74, 6) is 2.44. The Morgan fingerprint density at radius 1 is 0.968 bits per heavy atom. The van der Waals surface area contributed by atoms with Crippen molar-refractivity contribution >= 4 is 0 Å². The van der Waals surface area contributed by atoms with Crippen molar-refractivity contribution < 1.29 is 20.4 Å². The Balaban J connectivity index is 1.54. The second kappa shape index (κ2) is 8.25. The molecule has 4 heteroatoms. The average molecular weight is 437 g/mol. The molecule has 0 aromatic rings. The van der Waals surface area contributed by atoms with Crippen LogP contribution in [0.25, 0.3) is 0 Å². The van der Waals surface area contributed by atoms with Crippen LogP contribution in [0.4, 0.5) is 0 Å². The van der Waals surface area contributed by atoms with Crippen molar-refractivity contribution in [3.63, 3.8) is 0 Å². The highest BCUT2D eigenvalue weighted by atomic mass is 16.3. The van der Waals surface area contributed by atoms with Gasteiger partial charge in [0.05, 0.1) is 23.9 Å². The lowest BCUT2D eigenvalue weighted by Crippen LogP contribution is -2.62. The van der Waals surface area contributed by atoms with E-state index >= 15 is 0 Å². The topological polar surface area (TPSA) is 80.9 Å². The maximum Gasteiger partial charge on any atom is 0.0602 e. The Kier molecular flexibility index (Phi) is 6.38. The SMILES string of the molecule is C[C@H](CCCC(C)(C)O)[C@H]1CC[C@H]2[C@@H]3[C@H](O)C[C@@H]4C[C@@H](O)CC[C@]4(C)[C@H]3C[C@H](O)[C@]12C. The van der Waals surface area contributed by atoms with E-state index in [-0.39, 0.29) is 29.1 Å². The number of fused-ring (bicyclic) bond motifs is 5. The lowest BCUT2D eigenvalue weighted by molar-refractivity contribution is -0.207. The fourth-order valence-electron chi connectivity index (χ4n) is 9.19. The molecule has 0 saturated heterocycles. The van der Waals surface area contributed by atoms with Gasteiger partial charge in [0.2, 0.25) is 0 Å². The van der Waals surface area contributed by atoms with E-state index in [2.05, 4.69) is 20.8 Å². The minimum absolute atomic E-state index is 0.117. The fourth-order valence-corrected chi connectivity index (χ4v) is 9.19. The maximum absolute atomic E-state index is 11.6. The third kappa shape index (κ3) is 4.02. The van der Waals surface area contributed by atoms with Crippen molar-refractivity contribution in [3.8, 4) is 0 Å². The molecule has 4 aliphatic rings. The molecule has 0 heterocycles. The molecular formula is C27H48O4. The first-order valence-corrected chi connectivity index (χ1v) is 13.1. The van der Waals surface area contributed by atoms with Crippen molar-refractivity contribution in [2.75, 3.05) is 0 Å². The molecule has 4 saturated carbocycles. The molecule has 11 atom stereocenters. The summed E-state index contributed by atoms with van der Waals surface area (Å²) in [6.07, 6.45) is 8.73. The van der Waals surface area contributed by atoms with Gasteiger partial charge in [-0.3, -0.25) is 0 Å². The number of aliphatic hydroxyl groups is 4. The van der Waals surface area contributed by atoms with Crippen molar-refractivity contribution in [1.82, 2.24) is 0 Å². The summed E-state index contributed by atoms with van der Waals surface area (Å²) < 4.78 is 0. The van der Waals surface area contributed by atoms with Crippen molar-refractivity contribution in [3.05, 3.63) is 0 Å². The Labute approximate surface area is 189 Å². The largest absolute Gasteiger partial charge is 0.393 e. The summed E-state index contributed by atoms with van der Waals surface area (Å²) in [5.41, 5.74) is -0.583. The lowest BCUT2D eigenvalue weighted by Gasteiger charge is -2.63. The Bertz CT molecular complexity index is 644. The molecule has 4 nitrogen and oxygen atoms in total. The highest BCUT2D eigenvalue weighted by Gasteiger charge is 2.65. The third-order valence-corrected chi connectivity index (χ3v) is 11.0. The van der Waals surface area contributed by atoms with E-state index in [4.69, 9.17) is 0 Å². The number of hydrogen-bond acceptors (Lipinski definition) is 4. The first-order valence-electron chi connectivity index (χ1n) is 13.1. The van der Waals surface area contributed by atoms with Crippen LogP contribution in [0, 0.1) is 46.3 Å². The van der Waals surface area contributed by atoms with Crippen molar-refractivity contribution in [1.29, 1.82) is 0 Å². The molecule has 0 unspecified atom stereocenters. The van der Waals surface area contributed by atoms with Crippen LogP contribution in [-0.4, -0.2) is 44.3 Å². The van der Waals surface area contributed by atoms with E-state index in [9.17, 15) is 20.4 Å². The van der Waals surface area contributed by atoms with Gasteiger partial charge in [0.15, 0.2) is 0 Å². The third-order valence-electron chi connectivity index (χ3n) is 11.0. The molecule has 0 radical (unpaired) electrons. The Hall–Kier alpha value is -0.160. The molecule has 4 rings (SSSR count). The molecule has 4 N–H and O–H groups in total. The molecule has 0 spiro atoms. The van der Waals surface area contributed by atoms with E-state index in [0.29, 0.717) is 35.5 Å². The molecule has 0 aliphatic heterocycles. The summed E-state index contributed by atoms with van der Waals surface area (Å²) in [6.45, 7) is 10.8. The van der Waals surface area contributed by atoms with Crippen LogP contribution < -0.4 is 0 Å². The molecular weight excluding hydrogens is 388 g/mol. The quantitative estimate of drug-likeness (QED) is 0.511. The van der Waals surface area contributed by atoms with Gasteiger partial charge in [-0.05, 0) is 112 Å². The maximum atomic E-state index is 11.6. The van der Waals surface area contributed by atoms with Gasteiger partial charge in [-0.1, -0.05) is 33.6 Å². The van der Waals surface area contributed by atoms with Gasteiger partial charge in [0.25, 0.3) is 0 Å². The van der Waals surface area contributed by atoms with Crippen LogP contribution in [0.3, 0.4) is 0 Å². The van der Waals surface area contributed by atoms with Gasteiger partial charge in [-0.2, -0.15) is 0 Å². The van der Waals surface area contributed by atoms with E-state index in [0.717, 1.165) is 64.2 Å². The predicted molar refractivity (Wildman–Crippen MR) is 123 cm³/mol. The summed E-state index contributed by atoms with van der Waals surface area (Å²) >= 11 is 0. The predicted octanol–water partition coefficient (Wildman–Crippen LogP) is 4.53. The fraction of sp³-hybridized carbons (Fsp3) is 1.00. The highest BCUT2D eigenvalue weighted by molar-refractivity contribution is 5.14. The van der Waals surface area contributed by atoms with Crippen LogP contribution in [0.1, 0.15) is 98.8 Å². The first-order chi connectivity index (χ1) is 14.4. The van der Waals surface area contributed by atoms with Gasteiger partial charge in [-0.25, -0.2) is 0 Å². The standard InChI is InChI=1S/C27H48O4/c1-16(7-6-11-25(2,3)31)19-8-9-20-24-21(15-23(30)27(19,20)5)26(4)12-10-18(28)13-17(26)14-22(24)29/h16-24,28-31H,6-15H2,1-5H3/t16-,17+,18+,19-,20+,21+,22-,23+,24+,26+,27-/m1/s1. The normalized spacial score (nSPS) is 51.0. The summed E-state index contributed by atoms with van der Waals surface area (Å²) in [7, 11) is 0. The smallest absolute Gasteiger partial charge is 0.0602 e. The molecule has 180 valence electrons. The molecule has 0 bridgehead atoms. The molecule has 0 aromatic heterocycles. The van der Waals surface area contributed by atoms with E-state index < -0.39 is 5.60 Å². The van der Waals surface area contributed by atoms with Gasteiger partial charge < -0.3 is 20.4 Å². The van der Waals surface area contributed by atoms with Gasteiger partial charge in [-0.15, -0.1) is 0 Å². The second-order valence-electron chi connectivity index (χ2n) is 13.2. The van der Waals surface area contributed by atoms with Crippen LogP contribution in [0.15, 0.2) is 0 Å². The second-order valence-corrected chi connectivity index (χ2v) is 13.2. The number of hydrogen-bond donors (Lipinski definition) is 4. The monoisotopic (exact) mass is 436 g/mol. The van der Waals surface area contributed by atoms with Crippen molar-refractivity contribution in [2.45, 2.75) is 123 Å². The number of aliphatic hydroxyl groups excluding tert-OH is 3. The van der Waals surface area contributed by atoms with Crippen LogP contribution >= 0.6 is 0 Å². The van der Waals surface area contributed by atoms with Gasteiger partial charge in [0.1, 0.15) is 0 Å². The van der Waals surface area contributed by atoms with Gasteiger partial charge in [0, 0.05) is 0 Å². The van der Waals surface area contributed by atoms with E-state index in [1.54, 1.807) is 0 Å². The molecule has 31 heavy (non-hydrogen) atoms. The summed E-state index contributed by atoms with van der Waals surface area (Å²) in [4.78, 5) is 0. The lowest BCUT2D eigenvalue weighted by atomic mass is 9.43. The zero-order valence-electron chi connectivity index (χ0n) is 20.6. The van der Waals surface area contributed by atoms with Crippen LogP contribution in [0.5, 0.6) is 0 Å². The molecule has 0 aromatic carbocycles. The zero-order chi connectivity index (χ0) is 22.8. The zero-order valence-corrected chi connectivity index (χ0v) is 20.6. The summed E-state index contributed by atoms with van der Waals surface area (Å²) in [5, 5.41) is 43.3. The summed E-state index contributed by atoms with van der Waals surface area (Å²) in [6, 6.07) is 0. The minimum Gasteiger partial charge on any atom is -0.393 e. The number of rotatable bonds is 5. The molecule has 0 amide bonds.